The summed E-state index contributed by atoms with van der Waals surface area (Å²) in [6.45, 7) is 2.82. The summed E-state index contributed by atoms with van der Waals surface area (Å²) < 4.78 is 1.74. The zero-order valence-electron chi connectivity index (χ0n) is 20.5. The summed E-state index contributed by atoms with van der Waals surface area (Å²) in [5.41, 5.74) is 9.05. The number of likely N-dealkylation sites (tertiary alicyclic amines) is 1. The normalized spacial score (nSPS) is 14.8. The third-order valence-electron chi connectivity index (χ3n) is 6.32. The average molecular weight is 506 g/mol. The van der Waals surface area contributed by atoms with Crippen LogP contribution in [0.2, 0.25) is 0 Å². The fraction of sp³-hybridized carbons (Fsp3) is 0.222. The van der Waals surface area contributed by atoms with Crippen LogP contribution in [0.15, 0.2) is 48.9 Å². The van der Waals surface area contributed by atoms with Gasteiger partial charge in [-0.15, -0.1) is 0 Å². The van der Waals surface area contributed by atoms with E-state index in [2.05, 4.69) is 32.1 Å². The second-order valence-electron chi connectivity index (χ2n) is 8.74. The Bertz CT molecular complexity index is 1640. The molecule has 0 saturated carbocycles. The molecule has 0 spiro atoms. The van der Waals surface area contributed by atoms with Crippen molar-refractivity contribution in [3.05, 3.63) is 65.7 Å². The third-order valence-corrected chi connectivity index (χ3v) is 6.32. The lowest BCUT2D eigenvalue weighted by Gasteiger charge is -2.30. The van der Waals surface area contributed by atoms with Gasteiger partial charge in [0.2, 0.25) is 5.95 Å². The maximum atomic E-state index is 12.7. The summed E-state index contributed by atoms with van der Waals surface area (Å²) in [6, 6.07) is 10.2. The van der Waals surface area contributed by atoms with Crippen molar-refractivity contribution in [2.24, 2.45) is 0 Å². The van der Waals surface area contributed by atoms with E-state index in [0.29, 0.717) is 35.7 Å². The quantitative estimate of drug-likeness (QED) is 0.401. The van der Waals surface area contributed by atoms with Gasteiger partial charge in [-0.25, -0.2) is 15.0 Å². The minimum Gasteiger partial charge on any atom is -0.369 e. The summed E-state index contributed by atoms with van der Waals surface area (Å²) in [7, 11) is 0. The van der Waals surface area contributed by atoms with Gasteiger partial charge in [0.1, 0.15) is 11.5 Å². The van der Waals surface area contributed by atoms with Crippen LogP contribution in [0.5, 0.6) is 0 Å². The predicted octanol–water partition coefficient (Wildman–Crippen LogP) is 2.62. The number of anilines is 2. The molecule has 1 saturated heterocycles. The minimum absolute atomic E-state index is 0.00127. The molecule has 188 valence electrons. The third kappa shape index (κ3) is 4.73. The van der Waals surface area contributed by atoms with E-state index in [0.717, 1.165) is 24.1 Å². The molecule has 38 heavy (non-hydrogen) atoms. The molecule has 11 heteroatoms. The first-order valence-electron chi connectivity index (χ1n) is 12.0. The minimum atomic E-state index is -0.413. The number of hydrogen-bond donors (Lipinski definition) is 2. The molecule has 11 nitrogen and oxygen atoms in total. The Labute approximate surface area is 218 Å². The Morgan fingerprint density at radius 3 is 2.76 bits per heavy atom. The first-order chi connectivity index (χ1) is 18.5. The van der Waals surface area contributed by atoms with Crippen LogP contribution in [0.25, 0.3) is 17.0 Å². The number of piperidine rings is 1. The lowest BCUT2D eigenvalue weighted by Crippen LogP contribution is -2.38. The van der Waals surface area contributed by atoms with Gasteiger partial charge in [0.25, 0.3) is 11.8 Å². The van der Waals surface area contributed by atoms with Gasteiger partial charge in [-0.3, -0.25) is 19.0 Å². The number of aromatic nitrogens is 5. The number of imidazole rings is 1. The highest BCUT2D eigenvalue weighted by Crippen LogP contribution is 2.33. The van der Waals surface area contributed by atoms with Crippen LogP contribution in [0.1, 0.15) is 47.3 Å². The van der Waals surface area contributed by atoms with Crippen LogP contribution >= 0.6 is 0 Å². The van der Waals surface area contributed by atoms with Crippen molar-refractivity contribution in [1.29, 1.82) is 5.26 Å². The summed E-state index contributed by atoms with van der Waals surface area (Å²) in [6.07, 6.45) is 6.23. The van der Waals surface area contributed by atoms with Crippen molar-refractivity contribution in [2.75, 3.05) is 24.1 Å². The number of rotatable bonds is 4. The molecule has 3 N–H and O–H groups in total. The molecule has 0 aromatic carbocycles. The monoisotopic (exact) mass is 505 g/mol. The van der Waals surface area contributed by atoms with E-state index in [9.17, 15) is 9.59 Å². The number of nitrogens with one attached hydrogen (secondary N) is 1. The first kappa shape index (κ1) is 24.4. The highest BCUT2D eigenvalue weighted by atomic mass is 16.2. The van der Waals surface area contributed by atoms with Crippen LogP contribution in [-0.2, 0) is 4.79 Å². The van der Waals surface area contributed by atoms with Gasteiger partial charge in [-0.1, -0.05) is 5.92 Å². The van der Waals surface area contributed by atoms with Gasteiger partial charge in [-0.05, 0) is 56.0 Å². The molecule has 0 aliphatic carbocycles. The molecular formula is C27H23N9O2. The van der Waals surface area contributed by atoms with Gasteiger partial charge in [0.05, 0.1) is 28.4 Å². The van der Waals surface area contributed by atoms with Gasteiger partial charge in [-0.2, -0.15) is 5.26 Å². The molecule has 5 rings (SSSR count). The topological polar surface area (TPSA) is 155 Å². The molecule has 1 atom stereocenters. The van der Waals surface area contributed by atoms with E-state index in [4.69, 9.17) is 16.0 Å². The molecule has 1 aliphatic heterocycles. The largest absolute Gasteiger partial charge is 0.369 e. The van der Waals surface area contributed by atoms with Crippen LogP contribution in [-0.4, -0.2) is 54.1 Å². The smallest absolute Gasteiger partial charge is 0.298 e. The number of carbonyl (C=O) groups excluding carboxylic acids is 2. The van der Waals surface area contributed by atoms with E-state index in [-0.39, 0.29) is 23.6 Å². The van der Waals surface area contributed by atoms with Crippen LogP contribution in [0.4, 0.5) is 11.8 Å². The maximum Gasteiger partial charge on any atom is 0.298 e. The molecule has 2 amide bonds. The summed E-state index contributed by atoms with van der Waals surface area (Å²) in [5.74, 6) is 5.71. The Balaban J connectivity index is 1.45. The summed E-state index contributed by atoms with van der Waals surface area (Å²) in [5, 5.41) is 11.7. The molecule has 1 aliphatic rings. The fourth-order valence-electron chi connectivity index (χ4n) is 4.54. The van der Waals surface area contributed by atoms with Crippen molar-refractivity contribution < 1.29 is 9.59 Å². The molecule has 4 aromatic rings. The summed E-state index contributed by atoms with van der Waals surface area (Å²) >= 11 is 0. The number of fused-ring (bicyclic) bond motifs is 1. The highest BCUT2D eigenvalue weighted by molar-refractivity contribution is 6.03. The van der Waals surface area contributed by atoms with Gasteiger partial charge in [0.15, 0.2) is 5.82 Å². The van der Waals surface area contributed by atoms with Gasteiger partial charge < -0.3 is 16.0 Å². The van der Waals surface area contributed by atoms with Gasteiger partial charge >= 0.3 is 0 Å². The molecule has 4 aromatic heterocycles. The van der Waals surface area contributed by atoms with E-state index in [1.165, 1.54) is 18.5 Å². The number of nitrogens with two attached hydrogens (primary N) is 1. The second kappa shape index (κ2) is 10.4. The first-order valence-corrected chi connectivity index (χ1v) is 12.0. The number of hydrogen-bond acceptors (Lipinski definition) is 8. The van der Waals surface area contributed by atoms with Crippen LogP contribution < -0.4 is 11.1 Å². The molecular weight excluding hydrogens is 482 g/mol. The molecule has 0 bridgehead atoms. The number of pyridine rings is 2. The highest BCUT2D eigenvalue weighted by Gasteiger charge is 2.29. The van der Waals surface area contributed by atoms with E-state index >= 15 is 0 Å². The zero-order chi connectivity index (χ0) is 26.6. The van der Waals surface area contributed by atoms with Gasteiger partial charge in [0, 0.05) is 37.6 Å². The number of nitrogen functional groups attached to an aromatic ring is 1. The molecule has 5 heterocycles. The molecule has 1 unspecified atom stereocenters. The maximum absolute atomic E-state index is 12.7. The fourth-order valence-corrected chi connectivity index (χ4v) is 4.54. The molecule has 1 fully saturated rings. The summed E-state index contributed by atoms with van der Waals surface area (Å²) in [4.78, 5) is 44.5. The van der Waals surface area contributed by atoms with Crippen molar-refractivity contribution in [2.45, 2.75) is 25.7 Å². The number of nitriles is 1. The van der Waals surface area contributed by atoms with Crippen molar-refractivity contribution in [3.8, 4) is 29.4 Å². The second-order valence-corrected chi connectivity index (χ2v) is 8.74. The number of nitrogens with zero attached hydrogens (tertiary/aromatic N) is 7. The van der Waals surface area contributed by atoms with Crippen LogP contribution in [0, 0.1) is 23.2 Å². The Kier molecular flexibility index (Phi) is 6.66. The molecule has 0 radical (unpaired) electrons. The number of amides is 2. The van der Waals surface area contributed by atoms with Crippen LogP contribution in [0.3, 0.4) is 0 Å². The van der Waals surface area contributed by atoms with E-state index in [1.54, 1.807) is 40.6 Å². The zero-order valence-corrected chi connectivity index (χ0v) is 20.5. The van der Waals surface area contributed by atoms with Crippen molar-refractivity contribution >= 4 is 29.1 Å². The lowest BCUT2D eigenvalue weighted by atomic mass is 9.94. The lowest BCUT2D eigenvalue weighted by molar-refractivity contribution is -0.126. The Morgan fingerprint density at radius 1 is 1.16 bits per heavy atom. The standard InChI is InChI=1S/C27H23N9O2/c1-2-4-23(37)35-12-3-5-19(16-35)24-21-9-11-31-27(29)36(21)25(34-24)20-7-6-18(15-32-20)26(38)33-22-13-17(14-28)8-10-30-22/h6-11,13,15,19H,3,5,12,16H2,1H3,(H2,29,31)(H,30,33,38). The van der Waals surface area contributed by atoms with Crippen molar-refractivity contribution in [3.63, 3.8) is 0 Å². The van der Waals surface area contributed by atoms with E-state index < -0.39 is 5.91 Å². The van der Waals surface area contributed by atoms with Crippen molar-refractivity contribution in [1.82, 2.24) is 29.2 Å². The predicted molar refractivity (Wildman–Crippen MR) is 140 cm³/mol. The van der Waals surface area contributed by atoms with E-state index in [1.807, 2.05) is 12.1 Å². The number of carbonyl (C=O) groups is 2. The Morgan fingerprint density at radius 2 is 2.00 bits per heavy atom. The average Bonchev–Trinajstić information content (AvgIpc) is 3.34. The SMILES string of the molecule is CC#CC(=O)N1CCCC(c2nc(-c3ccc(C(=O)Nc4cc(C#N)ccn4)cn3)n3c(N)nccc23)C1. The Hall–Kier alpha value is -5.29.